The van der Waals surface area contributed by atoms with Gasteiger partial charge in [0.15, 0.2) is 0 Å². The van der Waals surface area contributed by atoms with E-state index in [1.54, 1.807) is 25.1 Å². The number of rotatable bonds is 4. The molecular formula is C20H21N3O3. The molecule has 2 amide bonds. The number of hydrogen-bond donors (Lipinski definition) is 1. The first-order valence-corrected chi connectivity index (χ1v) is 8.56. The fourth-order valence-corrected chi connectivity index (χ4v) is 2.95. The summed E-state index contributed by atoms with van der Waals surface area (Å²) in [6, 6.07) is 5.39. The maximum absolute atomic E-state index is 12.6. The molecule has 2 aliphatic rings. The number of nitrogens with zero attached hydrogens (tertiary/aromatic N) is 2. The molecule has 0 saturated carbocycles. The second kappa shape index (κ2) is 7.07. The van der Waals surface area contributed by atoms with Crippen LogP contribution in [-0.2, 0) is 14.4 Å². The van der Waals surface area contributed by atoms with Crippen molar-refractivity contribution >= 4 is 29.0 Å². The highest BCUT2D eigenvalue weighted by Gasteiger charge is 2.42. The third-order valence-corrected chi connectivity index (χ3v) is 4.60. The molecule has 3 rings (SSSR count). The second-order valence-electron chi connectivity index (χ2n) is 6.55. The van der Waals surface area contributed by atoms with Crippen molar-refractivity contribution in [2.75, 3.05) is 5.32 Å². The van der Waals surface area contributed by atoms with Crippen molar-refractivity contribution in [3.63, 3.8) is 0 Å². The maximum atomic E-state index is 12.6. The minimum absolute atomic E-state index is 0.329. The van der Waals surface area contributed by atoms with Gasteiger partial charge in [-0.1, -0.05) is 18.2 Å². The molecule has 1 aliphatic carbocycles. The summed E-state index contributed by atoms with van der Waals surface area (Å²) < 4.78 is 0. The molecule has 1 unspecified atom stereocenters. The van der Waals surface area contributed by atoms with Crippen LogP contribution in [0, 0.1) is 19.8 Å². The maximum Gasteiger partial charge on any atom is 0.293 e. The molecular weight excluding hydrogens is 330 g/mol. The average Bonchev–Trinajstić information content (AvgIpc) is 2.92. The molecule has 1 aliphatic heterocycles. The van der Waals surface area contributed by atoms with Crippen molar-refractivity contribution in [2.24, 2.45) is 11.0 Å². The molecule has 0 saturated heterocycles. The molecule has 0 radical (unpaired) electrons. The van der Waals surface area contributed by atoms with Gasteiger partial charge in [0.05, 0.1) is 11.4 Å². The monoisotopic (exact) mass is 351 g/mol. The number of nitrogens with one attached hydrogen (secondary N) is 1. The van der Waals surface area contributed by atoms with E-state index in [1.165, 1.54) is 5.01 Å². The Morgan fingerprint density at radius 1 is 1.15 bits per heavy atom. The molecule has 0 fully saturated rings. The van der Waals surface area contributed by atoms with E-state index in [0.717, 1.165) is 24.0 Å². The van der Waals surface area contributed by atoms with E-state index in [9.17, 15) is 14.4 Å². The van der Waals surface area contributed by atoms with Crippen LogP contribution in [0.1, 0.15) is 30.9 Å². The Morgan fingerprint density at radius 3 is 2.58 bits per heavy atom. The molecule has 1 aromatic carbocycles. The lowest BCUT2D eigenvalue weighted by molar-refractivity contribution is -0.141. The summed E-state index contributed by atoms with van der Waals surface area (Å²) in [5, 5.41) is 7.99. The zero-order chi connectivity index (χ0) is 18.8. The summed E-state index contributed by atoms with van der Waals surface area (Å²) in [6.07, 6.45) is 7.39. The highest BCUT2D eigenvalue weighted by molar-refractivity contribution is 6.49. The molecule has 0 spiro atoms. The van der Waals surface area contributed by atoms with Crippen molar-refractivity contribution in [1.82, 2.24) is 5.01 Å². The molecule has 6 nitrogen and oxygen atoms in total. The largest absolute Gasteiger partial charge is 0.319 e. The first kappa shape index (κ1) is 17.8. The van der Waals surface area contributed by atoms with E-state index in [0.29, 0.717) is 17.1 Å². The Balaban J connectivity index is 1.74. The number of anilines is 1. The van der Waals surface area contributed by atoms with Crippen molar-refractivity contribution in [3.8, 4) is 0 Å². The summed E-state index contributed by atoms with van der Waals surface area (Å²) in [7, 11) is 0. The number of benzene rings is 1. The van der Waals surface area contributed by atoms with Gasteiger partial charge in [0.1, 0.15) is 5.92 Å². The Bertz CT molecular complexity index is 880. The molecule has 1 N–H and O–H groups in total. The van der Waals surface area contributed by atoms with Crippen LogP contribution in [0.3, 0.4) is 0 Å². The lowest BCUT2D eigenvalue weighted by Crippen LogP contribution is -2.38. The van der Waals surface area contributed by atoms with Gasteiger partial charge < -0.3 is 5.32 Å². The number of allylic oxidation sites excluding steroid dienone is 3. The van der Waals surface area contributed by atoms with E-state index >= 15 is 0 Å². The Morgan fingerprint density at radius 2 is 1.92 bits per heavy atom. The van der Waals surface area contributed by atoms with Crippen molar-refractivity contribution in [3.05, 3.63) is 53.3 Å². The number of hydrogen-bond acceptors (Lipinski definition) is 4. The number of ketones is 1. The molecule has 0 aromatic heterocycles. The lowest BCUT2D eigenvalue weighted by Gasteiger charge is -2.16. The van der Waals surface area contributed by atoms with Crippen LogP contribution in [-0.4, -0.2) is 28.3 Å². The van der Waals surface area contributed by atoms with E-state index in [2.05, 4.69) is 10.4 Å². The second-order valence-corrected chi connectivity index (χ2v) is 6.55. The summed E-state index contributed by atoms with van der Waals surface area (Å²) in [6.45, 7) is 5.48. The van der Waals surface area contributed by atoms with Gasteiger partial charge in [-0.15, -0.1) is 0 Å². The number of aryl methyl sites for hydroxylation is 2. The zero-order valence-electron chi connectivity index (χ0n) is 15.1. The summed E-state index contributed by atoms with van der Waals surface area (Å²) >= 11 is 0. The highest BCUT2D eigenvalue weighted by Crippen LogP contribution is 2.25. The molecule has 6 heteroatoms. The molecule has 1 atom stereocenters. The normalized spacial score (nSPS) is 19.3. The number of Topliss-reactive ketones (excluding diaryl/α,β-unsaturated/α-hetero) is 1. The number of carbonyl (C=O) groups is 3. The van der Waals surface area contributed by atoms with Crippen LogP contribution in [0.25, 0.3) is 0 Å². The Kier molecular flexibility index (Phi) is 4.84. The third-order valence-electron chi connectivity index (χ3n) is 4.60. The predicted molar refractivity (Wildman–Crippen MR) is 99.5 cm³/mol. The Labute approximate surface area is 152 Å². The van der Waals surface area contributed by atoms with E-state index in [4.69, 9.17) is 0 Å². The highest BCUT2D eigenvalue weighted by atomic mass is 16.2. The van der Waals surface area contributed by atoms with Gasteiger partial charge in [0, 0.05) is 5.69 Å². The smallest absolute Gasteiger partial charge is 0.293 e. The van der Waals surface area contributed by atoms with Crippen LogP contribution >= 0.6 is 0 Å². The zero-order valence-corrected chi connectivity index (χ0v) is 15.1. The first-order chi connectivity index (χ1) is 12.4. The van der Waals surface area contributed by atoms with E-state index in [-0.39, 0.29) is 0 Å². The molecule has 26 heavy (non-hydrogen) atoms. The average molecular weight is 351 g/mol. The Hall–Kier alpha value is -3.02. The van der Waals surface area contributed by atoms with Gasteiger partial charge in [0.2, 0.25) is 5.78 Å². The summed E-state index contributed by atoms with van der Waals surface area (Å²) in [4.78, 5) is 37.6. The number of amides is 2. The van der Waals surface area contributed by atoms with Crippen LogP contribution in [0.2, 0.25) is 0 Å². The van der Waals surface area contributed by atoms with Crippen LogP contribution < -0.4 is 5.32 Å². The minimum Gasteiger partial charge on any atom is -0.319 e. The van der Waals surface area contributed by atoms with Gasteiger partial charge in [-0.3, -0.25) is 14.4 Å². The lowest BCUT2D eigenvalue weighted by atomic mass is 9.98. The molecule has 1 aromatic rings. The van der Waals surface area contributed by atoms with E-state index in [1.807, 2.05) is 32.1 Å². The topological polar surface area (TPSA) is 78.8 Å². The van der Waals surface area contributed by atoms with Crippen molar-refractivity contribution < 1.29 is 14.4 Å². The minimum atomic E-state index is -1.17. The number of carbonyl (C=O) groups excluding carboxylic acids is 3. The van der Waals surface area contributed by atoms with E-state index < -0.39 is 23.5 Å². The first-order valence-electron chi connectivity index (χ1n) is 8.56. The predicted octanol–water partition coefficient (Wildman–Crippen LogP) is 2.88. The molecule has 1 heterocycles. The summed E-state index contributed by atoms with van der Waals surface area (Å²) in [5.41, 5.74) is 3.60. The van der Waals surface area contributed by atoms with Gasteiger partial charge >= 0.3 is 0 Å². The van der Waals surface area contributed by atoms with Crippen LogP contribution in [0.15, 0.2) is 47.2 Å². The fourth-order valence-electron chi connectivity index (χ4n) is 2.95. The van der Waals surface area contributed by atoms with Gasteiger partial charge in [-0.2, -0.15) is 5.10 Å². The van der Waals surface area contributed by atoms with Crippen LogP contribution in [0.5, 0.6) is 0 Å². The fraction of sp³-hybridized carbons (Fsp3) is 0.300. The van der Waals surface area contributed by atoms with Crippen molar-refractivity contribution in [1.29, 1.82) is 0 Å². The molecule has 0 bridgehead atoms. The standard InChI is InChI=1S/C20H21N3O3/c1-12-9-10-15(11-13(12)2)21-19(25)18(24)17-14(3)22-23(20(17)26)16-7-5-4-6-8-16/h5,7-11,17H,4,6H2,1-3H3,(H,21,25). The third kappa shape index (κ3) is 3.35. The molecule has 134 valence electrons. The van der Waals surface area contributed by atoms with Crippen LogP contribution in [0.4, 0.5) is 5.69 Å². The SMILES string of the molecule is CC1=NN(C2=CCCC=C2)C(=O)C1C(=O)C(=O)Nc1ccc(C)c(C)c1. The quantitative estimate of drug-likeness (QED) is 0.669. The summed E-state index contributed by atoms with van der Waals surface area (Å²) in [5.74, 6) is -3.26. The van der Waals surface area contributed by atoms with Gasteiger partial charge in [-0.05, 0) is 62.9 Å². The van der Waals surface area contributed by atoms with Gasteiger partial charge in [0.25, 0.3) is 11.8 Å². The van der Waals surface area contributed by atoms with Crippen molar-refractivity contribution in [2.45, 2.75) is 33.6 Å². The number of hydrazone groups is 1. The van der Waals surface area contributed by atoms with Gasteiger partial charge in [-0.25, -0.2) is 5.01 Å².